The number of carbonyl (C=O) groups excluding carboxylic acids is 2. The molecule has 0 aliphatic carbocycles. The molecule has 3 aromatic rings. The van der Waals surface area contributed by atoms with Crippen LogP contribution < -0.4 is 5.59 Å². The Hall–Kier alpha value is -2.13. The maximum atomic E-state index is 13.1. The first-order valence-electron chi connectivity index (χ1n) is 9.69. The summed E-state index contributed by atoms with van der Waals surface area (Å²) >= 11 is 8.36. The Kier molecular flexibility index (Phi) is 7.00. The molecule has 0 unspecified atom stereocenters. The highest BCUT2D eigenvalue weighted by atomic mass is 35.5. The first kappa shape index (κ1) is 24.0. The predicted molar refractivity (Wildman–Crippen MR) is 125 cm³/mol. The third-order valence-corrected chi connectivity index (χ3v) is 9.21. The van der Waals surface area contributed by atoms with E-state index in [4.69, 9.17) is 16.4 Å². The van der Waals surface area contributed by atoms with Gasteiger partial charge in [0.15, 0.2) is 5.69 Å². The maximum absolute atomic E-state index is 13.1. The number of halogens is 1. The molecule has 4 rings (SSSR count). The average molecular weight is 530 g/mol. The van der Waals surface area contributed by atoms with Crippen LogP contribution in [0, 0.1) is 0 Å². The van der Waals surface area contributed by atoms with Gasteiger partial charge in [0.1, 0.15) is 9.22 Å². The Morgan fingerprint density at radius 1 is 1.30 bits per heavy atom. The van der Waals surface area contributed by atoms with Crippen molar-refractivity contribution < 1.29 is 22.8 Å². The number of carbonyl (C=O) groups is 2. The highest BCUT2D eigenvalue weighted by Crippen LogP contribution is 2.33. The van der Waals surface area contributed by atoms with Crippen molar-refractivity contribution in [3.05, 3.63) is 45.4 Å². The van der Waals surface area contributed by atoms with Crippen molar-refractivity contribution in [2.75, 3.05) is 33.7 Å². The van der Waals surface area contributed by atoms with Crippen LogP contribution in [0.5, 0.6) is 0 Å². The largest absolute Gasteiger partial charge is 0.377 e. The van der Waals surface area contributed by atoms with Gasteiger partial charge in [-0.15, -0.1) is 22.7 Å². The molecule has 1 aliphatic heterocycles. The van der Waals surface area contributed by atoms with E-state index < -0.39 is 16.0 Å². The van der Waals surface area contributed by atoms with E-state index in [-0.39, 0.29) is 42.0 Å². The van der Waals surface area contributed by atoms with E-state index in [9.17, 15) is 18.0 Å². The van der Waals surface area contributed by atoms with Gasteiger partial charge in [-0.1, -0.05) is 23.3 Å². The van der Waals surface area contributed by atoms with Gasteiger partial charge in [-0.25, -0.2) is 23.2 Å². The molecule has 1 N–H and O–H groups in total. The molecule has 1 aliphatic rings. The van der Waals surface area contributed by atoms with Crippen LogP contribution in [0.2, 0.25) is 5.02 Å². The molecule has 0 bridgehead atoms. The topological polar surface area (TPSA) is 112 Å². The van der Waals surface area contributed by atoms with E-state index in [0.29, 0.717) is 10.0 Å². The number of thiophene rings is 1. The Morgan fingerprint density at radius 2 is 2.09 bits per heavy atom. The molecule has 176 valence electrons. The van der Waals surface area contributed by atoms with Crippen LogP contribution in [0.25, 0.3) is 10.1 Å². The minimum Gasteiger partial charge on any atom is -0.350 e. The monoisotopic (exact) mass is 529 g/mol. The van der Waals surface area contributed by atoms with Gasteiger partial charge in [0.2, 0.25) is 5.91 Å². The Bertz CT molecular complexity index is 1310. The lowest BCUT2D eigenvalue weighted by atomic mass is 10.3. The minimum atomic E-state index is -3.81. The molecule has 0 atom stereocenters. The summed E-state index contributed by atoms with van der Waals surface area (Å²) in [6, 6.07) is 6.80. The van der Waals surface area contributed by atoms with Crippen molar-refractivity contribution in [2.45, 2.75) is 10.8 Å². The molecule has 0 saturated carbocycles. The third-order valence-electron chi connectivity index (χ3n) is 4.75. The molecule has 1 amide bonds. The molecule has 2 aromatic heterocycles. The first-order valence-corrected chi connectivity index (χ1v) is 13.2. The number of nitrogens with zero attached hydrogens (tertiary/aromatic N) is 4. The number of amides is 1. The number of hydrogen-bond donors (Lipinski definition) is 1. The Morgan fingerprint density at radius 3 is 2.82 bits per heavy atom. The number of aromatic nitrogens is 1. The third kappa shape index (κ3) is 5.35. The summed E-state index contributed by atoms with van der Waals surface area (Å²) in [5.74, 6) is -0.972. The molecule has 10 nitrogen and oxygen atoms in total. The second kappa shape index (κ2) is 9.62. The molecule has 1 saturated heterocycles. The minimum absolute atomic E-state index is 0.128. The summed E-state index contributed by atoms with van der Waals surface area (Å²) < 4.78 is 28.3. The molecule has 1 aromatic carbocycles. The second-order valence-corrected chi connectivity index (χ2v) is 12.0. The number of piperazine rings is 1. The van der Waals surface area contributed by atoms with E-state index in [1.807, 2.05) is 0 Å². The number of rotatable bonds is 7. The van der Waals surface area contributed by atoms with Gasteiger partial charge in [0.25, 0.3) is 10.0 Å². The normalized spacial score (nSPS) is 15.5. The molecule has 0 spiro atoms. The van der Waals surface area contributed by atoms with Crippen LogP contribution in [-0.2, 0) is 26.2 Å². The molecule has 0 radical (unpaired) electrons. The van der Waals surface area contributed by atoms with Crippen molar-refractivity contribution in [3.8, 4) is 0 Å². The summed E-state index contributed by atoms with van der Waals surface area (Å²) in [6.07, 6.45) is 0. The summed E-state index contributed by atoms with van der Waals surface area (Å²) in [6.45, 7) is 0.309. The quantitative estimate of drug-likeness (QED) is 0.463. The van der Waals surface area contributed by atoms with Gasteiger partial charge >= 0.3 is 5.97 Å². The Labute approximate surface area is 203 Å². The number of fused-ring (bicyclic) bond motifs is 1. The summed E-state index contributed by atoms with van der Waals surface area (Å²) in [5.41, 5.74) is 2.53. The zero-order valence-electron chi connectivity index (χ0n) is 17.6. The highest BCUT2D eigenvalue weighted by Gasteiger charge is 2.34. The number of nitrogens with one attached hydrogen (secondary N) is 1. The lowest BCUT2D eigenvalue weighted by molar-refractivity contribution is -0.134. The van der Waals surface area contributed by atoms with E-state index >= 15 is 0 Å². The van der Waals surface area contributed by atoms with Crippen LogP contribution >= 0.6 is 34.3 Å². The fraction of sp³-hybridized carbons (Fsp3) is 0.316. The second-order valence-electron chi connectivity index (χ2n) is 7.40. The van der Waals surface area contributed by atoms with Gasteiger partial charge in [0, 0.05) is 42.3 Å². The average Bonchev–Trinajstić information content (AvgIpc) is 3.40. The smallest absolute Gasteiger partial charge is 0.350 e. The van der Waals surface area contributed by atoms with E-state index in [2.05, 4.69) is 10.6 Å². The lowest BCUT2D eigenvalue weighted by Gasteiger charge is -2.32. The number of hydrazine groups is 1. The van der Waals surface area contributed by atoms with Gasteiger partial charge in [-0.2, -0.15) is 4.31 Å². The van der Waals surface area contributed by atoms with E-state index in [0.717, 1.165) is 21.4 Å². The summed E-state index contributed by atoms with van der Waals surface area (Å²) in [7, 11) is -0.474. The van der Waals surface area contributed by atoms with Crippen LogP contribution in [-0.4, -0.2) is 73.2 Å². The van der Waals surface area contributed by atoms with Gasteiger partial charge < -0.3 is 9.74 Å². The molecule has 1 fully saturated rings. The van der Waals surface area contributed by atoms with E-state index in [1.54, 1.807) is 43.7 Å². The number of hydrogen-bond acceptors (Lipinski definition) is 10. The molecular weight excluding hydrogens is 510 g/mol. The van der Waals surface area contributed by atoms with Crippen molar-refractivity contribution in [2.24, 2.45) is 0 Å². The zero-order chi connectivity index (χ0) is 23.8. The van der Waals surface area contributed by atoms with Crippen molar-refractivity contribution in [1.82, 2.24) is 24.8 Å². The fourth-order valence-corrected chi connectivity index (χ4v) is 7.11. The molecule has 3 heterocycles. The SMILES string of the molecule is CN(C)NOC(=O)c1csc(CN2CCN(S(=O)(=O)c3cc4ccc(Cl)cc4s3)CC2=O)n1. The van der Waals surface area contributed by atoms with Crippen molar-refractivity contribution in [1.29, 1.82) is 0 Å². The van der Waals surface area contributed by atoms with Crippen molar-refractivity contribution >= 4 is 66.3 Å². The van der Waals surface area contributed by atoms with Crippen molar-refractivity contribution in [3.63, 3.8) is 0 Å². The van der Waals surface area contributed by atoms with Crippen LogP contribution in [0.3, 0.4) is 0 Å². The standard InChI is InChI=1S/C19H20ClN5O5S3/c1-23(2)22-30-19(27)14-11-31-16(21-14)9-24-5-6-25(10-17(24)26)33(28,29)18-7-12-3-4-13(20)8-15(12)32-18/h3-4,7-8,11,22H,5-6,9-10H2,1-2H3. The maximum Gasteiger partial charge on any atom is 0.377 e. The molecule has 33 heavy (non-hydrogen) atoms. The fourth-order valence-electron chi connectivity index (χ4n) is 3.12. The summed E-state index contributed by atoms with van der Waals surface area (Å²) in [5, 5.41) is 4.88. The van der Waals surface area contributed by atoms with Crippen LogP contribution in [0.15, 0.2) is 33.9 Å². The number of benzene rings is 1. The van der Waals surface area contributed by atoms with Crippen LogP contribution in [0.4, 0.5) is 0 Å². The number of thiazole rings is 1. The molecule has 14 heteroatoms. The van der Waals surface area contributed by atoms with E-state index in [1.165, 1.54) is 25.6 Å². The number of sulfonamides is 1. The van der Waals surface area contributed by atoms with Crippen LogP contribution in [0.1, 0.15) is 15.5 Å². The Balaban J connectivity index is 1.40. The predicted octanol–water partition coefficient (Wildman–Crippen LogP) is 2.18. The summed E-state index contributed by atoms with van der Waals surface area (Å²) in [4.78, 5) is 35.3. The molecular formula is C19H20ClN5O5S3. The first-order chi connectivity index (χ1) is 15.6. The highest BCUT2D eigenvalue weighted by molar-refractivity contribution is 7.91. The van der Waals surface area contributed by atoms with Gasteiger partial charge in [-0.3, -0.25) is 4.79 Å². The van der Waals surface area contributed by atoms with Gasteiger partial charge in [0.05, 0.1) is 13.1 Å². The lowest BCUT2D eigenvalue weighted by Crippen LogP contribution is -2.51. The zero-order valence-corrected chi connectivity index (χ0v) is 20.9. The van der Waals surface area contributed by atoms with Gasteiger partial charge in [-0.05, 0) is 23.6 Å².